The number of aromatic nitrogens is 3. The zero-order chi connectivity index (χ0) is 17.5. The van der Waals surface area contributed by atoms with Crippen LogP contribution < -0.4 is 10.1 Å². The molecule has 25 heavy (non-hydrogen) atoms. The highest BCUT2D eigenvalue weighted by molar-refractivity contribution is 7.99. The van der Waals surface area contributed by atoms with Gasteiger partial charge in [-0.15, -0.1) is 10.2 Å². The van der Waals surface area contributed by atoms with Gasteiger partial charge >= 0.3 is 0 Å². The Bertz CT molecular complexity index is 841. The summed E-state index contributed by atoms with van der Waals surface area (Å²) in [5, 5.41) is 11.8. The second-order valence-corrected chi connectivity index (χ2v) is 6.04. The second kappa shape index (κ2) is 8.25. The number of benzene rings is 1. The van der Waals surface area contributed by atoms with Gasteiger partial charge in [-0.2, -0.15) is 0 Å². The maximum Gasteiger partial charge on any atom is 0.234 e. The summed E-state index contributed by atoms with van der Waals surface area (Å²) in [6.07, 6.45) is 1.71. The first-order valence-electron chi connectivity index (χ1n) is 7.56. The van der Waals surface area contributed by atoms with E-state index < -0.39 is 0 Å². The number of pyridine rings is 1. The first kappa shape index (κ1) is 16.9. The number of carbonyl (C=O) groups is 1. The molecule has 0 aliphatic carbocycles. The molecule has 0 bridgehead atoms. The zero-order valence-electron chi connectivity index (χ0n) is 13.5. The Morgan fingerprint density at radius 3 is 2.72 bits per heavy atom. The van der Waals surface area contributed by atoms with Gasteiger partial charge < -0.3 is 10.1 Å². The molecule has 0 saturated carbocycles. The molecule has 3 rings (SSSR count). The molecule has 3 aromatic rings. The lowest BCUT2D eigenvalue weighted by Crippen LogP contribution is -2.14. The fourth-order valence-corrected chi connectivity index (χ4v) is 2.70. The van der Waals surface area contributed by atoms with E-state index in [0.29, 0.717) is 22.2 Å². The zero-order valence-corrected chi connectivity index (χ0v) is 14.4. The molecule has 6 nitrogen and oxygen atoms in total. The van der Waals surface area contributed by atoms with Crippen LogP contribution in [0.3, 0.4) is 0 Å². The lowest BCUT2D eigenvalue weighted by Gasteiger charge is -2.06. The van der Waals surface area contributed by atoms with Crippen LogP contribution in [0.15, 0.2) is 65.8 Å². The van der Waals surface area contributed by atoms with Crippen LogP contribution in [0.2, 0.25) is 0 Å². The third-order valence-corrected chi connectivity index (χ3v) is 4.19. The third-order valence-electron chi connectivity index (χ3n) is 3.27. The molecule has 2 heterocycles. The summed E-state index contributed by atoms with van der Waals surface area (Å²) in [5.41, 5.74) is 2.16. The number of rotatable bonds is 6. The Labute approximate surface area is 149 Å². The number of ether oxygens (including phenoxy) is 1. The largest absolute Gasteiger partial charge is 0.497 e. The molecule has 1 aromatic carbocycles. The van der Waals surface area contributed by atoms with Gasteiger partial charge in [0.2, 0.25) is 5.91 Å². The SMILES string of the molecule is COc1cccc(NC(=O)CSc2ccc(-c3ccccn3)nn2)c1. The van der Waals surface area contributed by atoms with Crippen LogP contribution in [0.1, 0.15) is 0 Å². The van der Waals surface area contributed by atoms with Crippen LogP contribution in [0.25, 0.3) is 11.4 Å². The highest BCUT2D eigenvalue weighted by Gasteiger charge is 2.07. The van der Waals surface area contributed by atoms with Gasteiger partial charge in [0.1, 0.15) is 16.5 Å². The number of amides is 1. The molecular weight excluding hydrogens is 336 g/mol. The molecule has 0 spiro atoms. The van der Waals surface area contributed by atoms with Gasteiger partial charge in [-0.1, -0.05) is 23.9 Å². The molecule has 0 aliphatic heterocycles. The van der Waals surface area contributed by atoms with Crippen LogP contribution in [0, 0.1) is 0 Å². The minimum atomic E-state index is -0.117. The Morgan fingerprint density at radius 1 is 1.08 bits per heavy atom. The standard InChI is InChI=1S/C18H16N4O2S/c1-24-14-6-4-5-13(11-14)20-17(23)12-25-18-9-8-16(21-22-18)15-7-2-3-10-19-15/h2-11H,12H2,1H3,(H,20,23). The van der Waals surface area contributed by atoms with Crippen molar-refractivity contribution in [1.82, 2.24) is 15.2 Å². The average molecular weight is 352 g/mol. The van der Waals surface area contributed by atoms with Crippen LogP contribution in [0.4, 0.5) is 5.69 Å². The van der Waals surface area contributed by atoms with Gasteiger partial charge in [0.15, 0.2) is 0 Å². The molecule has 0 fully saturated rings. The molecular formula is C18H16N4O2S. The van der Waals surface area contributed by atoms with E-state index in [1.807, 2.05) is 48.5 Å². The second-order valence-electron chi connectivity index (χ2n) is 5.04. The fraction of sp³-hybridized carbons (Fsp3) is 0.111. The summed E-state index contributed by atoms with van der Waals surface area (Å²) in [4.78, 5) is 16.3. The van der Waals surface area contributed by atoms with Gasteiger partial charge in [-0.25, -0.2) is 0 Å². The summed E-state index contributed by atoms with van der Waals surface area (Å²) in [7, 11) is 1.59. The van der Waals surface area contributed by atoms with Crippen LogP contribution in [0.5, 0.6) is 5.75 Å². The summed E-state index contributed by atoms with van der Waals surface area (Å²) in [6, 6.07) is 16.5. The quantitative estimate of drug-likeness (QED) is 0.686. The van der Waals surface area contributed by atoms with Crippen molar-refractivity contribution in [2.45, 2.75) is 5.03 Å². The smallest absolute Gasteiger partial charge is 0.234 e. The number of hydrogen-bond acceptors (Lipinski definition) is 6. The monoisotopic (exact) mass is 352 g/mol. The first-order valence-corrected chi connectivity index (χ1v) is 8.55. The molecule has 126 valence electrons. The maximum atomic E-state index is 12.0. The van der Waals surface area contributed by atoms with E-state index in [1.54, 1.807) is 19.4 Å². The highest BCUT2D eigenvalue weighted by atomic mass is 32.2. The molecule has 0 aliphatic rings. The fourth-order valence-electron chi connectivity index (χ4n) is 2.09. The van der Waals surface area contributed by atoms with Crippen LogP contribution in [-0.4, -0.2) is 34.0 Å². The van der Waals surface area contributed by atoms with E-state index in [-0.39, 0.29) is 11.7 Å². The number of hydrogen-bond donors (Lipinski definition) is 1. The van der Waals surface area contributed by atoms with Crippen molar-refractivity contribution in [3.63, 3.8) is 0 Å². The predicted octanol–water partition coefficient (Wildman–Crippen LogP) is 3.28. The van der Waals surface area contributed by atoms with Gasteiger partial charge in [-0.05, 0) is 36.4 Å². The normalized spacial score (nSPS) is 10.3. The van der Waals surface area contributed by atoms with E-state index in [0.717, 1.165) is 5.69 Å². The van der Waals surface area contributed by atoms with Gasteiger partial charge in [0, 0.05) is 18.0 Å². The topological polar surface area (TPSA) is 77.0 Å². The van der Waals surface area contributed by atoms with E-state index in [4.69, 9.17) is 4.74 Å². The number of carbonyl (C=O) groups excluding carboxylic acids is 1. The first-order chi connectivity index (χ1) is 12.2. The van der Waals surface area contributed by atoms with Gasteiger partial charge in [0.05, 0.1) is 18.6 Å². The molecule has 1 N–H and O–H groups in total. The number of methoxy groups -OCH3 is 1. The Balaban J connectivity index is 1.55. The molecule has 2 aromatic heterocycles. The molecule has 7 heteroatoms. The third kappa shape index (κ3) is 4.77. The minimum Gasteiger partial charge on any atom is -0.497 e. The van der Waals surface area contributed by atoms with Crippen molar-refractivity contribution in [1.29, 1.82) is 0 Å². The average Bonchev–Trinajstić information content (AvgIpc) is 2.67. The Morgan fingerprint density at radius 2 is 2.00 bits per heavy atom. The lowest BCUT2D eigenvalue weighted by atomic mass is 10.2. The van der Waals surface area contributed by atoms with Gasteiger partial charge in [-0.3, -0.25) is 9.78 Å². The van der Waals surface area contributed by atoms with Crippen LogP contribution in [-0.2, 0) is 4.79 Å². The van der Waals surface area contributed by atoms with Crippen molar-refractivity contribution in [2.24, 2.45) is 0 Å². The number of anilines is 1. The molecule has 0 saturated heterocycles. The summed E-state index contributed by atoms with van der Waals surface area (Å²) in [5.74, 6) is 0.824. The van der Waals surface area contributed by atoms with Crippen molar-refractivity contribution in [3.05, 3.63) is 60.8 Å². The predicted molar refractivity (Wildman–Crippen MR) is 97.6 cm³/mol. The molecule has 0 unspecified atom stereocenters. The van der Waals surface area contributed by atoms with Crippen molar-refractivity contribution in [2.75, 3.05) is 18.2 Å². The van der Waals surface area contributed by atoms with E-state index in [1.165, 1.54) is 11.8 Å². The van der Waals surface area contributed by atoms with Crippen LogP contribution >= 0.6 is 11.8 Å². The maximum absolute atomic E-state index is 12.0. The molecule has 0 atom stereocenters. The lowest BCUT2D eigenvalue weighted by molar-refractivity contribution is -0.113. The van der Waals surface area contributed by atoms with Gasteiger partial charge in [0.25, 0.3) is 0 Å². The minimum absolute atomic E-state index is 0.117. The Hall–Kier alpha value is -2.93. The van der Waals surface area contributed by atoms with E-state index in [9.17, 15) is 4.79 Å². The summed E-state index contributed by atoms with van der Waals surface area (Å²) in [6.45, 7) is 0. The Kier molecular flexibility index (Phi) is 5.58. The van der Waals surface area contributed by atoms with Crippen molar-refractivity contribution < 1.29 is 9.53 Å². The number of nitrogens with one attached hydrogen (secondary N) is 1. The summed E-state index contributed by atoms with van der Waals surface area (Å²) < 4.78 is 5.13. The van der Waals surface area contributed by atoms with Crippen molar-refractivity contribution in [3.8, 4) is 17.1 Å². The highest BCUT2D eigenvalue weighted by Crippen LogP contribution is 2.20. The molecule has 0 radical (unpaired) electrons. The summed E-state index contributed by atoms with van der Waals surface area (Å²) >= 11 is 1.32. The number of nitrogens with zero attached hydrogens (tertiary/aromatic N) is 3. The number of thioether (sulfide) groups is 1. The van der Waals surface area contributed by atoms with Crippen molar-refractivity contribution >= 4 is 23.4 Å². The van der Waals surface area contributed by atoms with E-state index >= 15 is 0 Å². The molecule has 1 amide bonds. The van der Waals surface area contributed by atoms with E-state index in [2.05, 4.69) is 20.5 Å².